The number of ether oxygens (including phenoxy) is 3. The van der Waals surface area contributed by atoms with Gasteiger partial charge in [-0.2, -0.15) is 0 Å². The first-order chi connectivity index (χ1) is 14.0. The van der Waals surface area contributed by atoms with Gasteiger partial charge in [-0.25, -0.2) is 0 Å². The number of hydrogen-bond acceptors (Lipinski definition) is 7. The number of piperidine rings is 1. The summed E-state index contributed by atoms with van der Waals surface area (Å²) in [6, 6.07) is 3.41. The van der Waals surface area contributed by atoms with E-state index in [1.165, 1.54) is 32.3 Å². The van der Waals surface area contributed by atoms with E-state index in [9.17, 15) is 14.4 Å². The van der Waals surface area contributed by atoms with E-state index in [0.717, 1.165) is 17.3 Å². The predicted molar refractivity (Wildman–Crippen MR) is 109 cm³/mol. The number of benzene rings is 1. The summed E-state index contributed by atoms with van der Waals surface area (Å²) < 4.78 is 15.9. The Bertz CT molecular complexity index is 791. The highest BCUT2D eigenvalue weighted by Crippen LogP contribution is 2.38. The predicted octanol–water partition coefficient (Wildman–Crippen LogP) is 2.41. The molecule has 0 saturated carbocycles. The van der Waals surface area contributed by atoms with Crippen LogP contribution in [0.15, 0.2) is 18.2 Å². The number of carbonyl (C=O) groups is 3. The van der Waals surface area contributed by atoms with Crippen LogP contribution in [0.5, 0.6) is 17.2 Å². The third-order valence-corrected chi connectivity index (χ3v) is 5.87. The third-order valence-electron chi connectivity index (χ3n) is 5.03. The van der Waals surface area contributed by atoms with Gasteiger partial charge in [-0.1, -0.05) is 11.8 Å². The summed E-state index contributed by atoms with van der Waals surface area (Å²) in [5.41, 5.74) is 0.744. The van der Waals surface area contributed by atoms with Gasteiger partial charge in [-0.15, -0.1) is 0 Å². The number of hydrogen-bond donors (Lipinski definition) is 0. The van der Waals surface area contributed by atoms with Crippen molar-refractivity contribution in [3.63, 3.8) is 0 Å². The molecule has 29 heavy (non-hydrogen) atoms. The van der Waals surface area contributed by atoms with Crippen LogP contribution in [0.1, 0.15) is 18.4 Å². The largest absolute Gasteiger partial charge is 0.493 e. The van der Waals surface area contributed by atoms with E-state index in [4.69, 9.17) is 14.2 Å². The van der Waals surface area contributed by atoms with Gasteiger partial charge in [-0.3, -0.25) is 19.3 Å². The van der Waals surface area contributed by atoms with E-state index in [2.05, 4.69) is 0 Å². The molecule has 3 rings (SSSR count). The average molecular weight is 420 g/mol. The van der Waals surface area contributed by atoms with E-state index >= 15 is 0 Å². The maximum absolute atomic E-state index is 12.6. The monoisotopic (exact) mass is 420 g/mol. The Hall–Kier alpha value is -2.68. The lowest BCUT2D eigenvalue weighted by Crippen LogP contribution is -2.48. The lowest BCUT2D eigenvalue weighted by molar-refractivity contribution is -0.129. The SMILES string of the molecule is COc1cc(/C=C/C(=O)N2CCC(N3C(=O)CSC3=O)CC2)cc(OC)c1OC. The van der Waals surface area contributed by atoms with Crippen molar-refractivity contribution in [3.8, 4) is 17.2 Å². The van der Waals surface area contributed by atoms with Crippen LogP contribution in [0.25, 0.3) is 6.08 Å². The summed E-state index contributed by atoms with van der Waals surface area (Å²) in [5.74, 6) is 1.48. The molecule has 2 fully saturated rings. The molecule has 2 heterocycles. The number of carbonyl (C=O) groups excluding carboxylic acids is 3. The molecule has 0 bridgehead atoms. The van der Waals surface area contributed by atoms with E-state index in [1.54, 1.807) is 23.1 Å². The molecule has 8 nitrogen and oxygen atoms in total. The van der Waals surface area contributed by atoms with Gasteiger partial charge in [0.1, 0.15) is 0 Å². The Morgan fingerprint density at radius 3 is 2.17 bits per heavy atom. The molecule has 0 atom stereocenters. The molecule has 0 N–H and O–H groups in total. The second kappa shape index (κ2) is 9.21. The van der Waals surface area contributed by atoms with Gasteiger partial charge in [0.2, 0.25) is 17.6 Å². The van der Waals surface area contributed by atoms with Crippen LogP contribution >= 0.6 is 11.8 Å². The quantitative estimate of drug-likeness (QED) is 0.654. The minimum absolute atomic E-state index is 0.117. The van der Waals surface area contributed by atoms with Gasteiger partial charge < -0.3 is 19.1 Å². The number of amides is 3. The highest BCUT2D eigenvalue weighted by atomic mass is 32.2. The molecule has 1 aromatic carbocycles. The summed E-state index contributed by atoms with van der Waals surface area (Å²) in [5, 5.41) is -0.179. The van der Waals surface area contributed by atoms with Crippen molar-refractivity contribution in [3.05, 3.63) is 23.8 Å². The van der Waals surface area contributed by atoms with Crippen molar-refractivity contribution >= 4 is 34.9 Å². The zero-order valence-electron chi connectivity index (χ0n) is 16.7. The smallest absolute Gasteiger partial charge is 0.289 e. The normalized spacial score (nSPS) is 17.9. The average Bonchev–Trinajstić information content (AvgIpc) is 3.09. The van der Waals surface area contributed by atoms with Gasteiger partial charge in [-0.05, 0) is 36.6 Å². The molecule has 0 spiro atoms. The van der Waals surface area contributed by atoms with E-state index in [0.29, 0.717) is 43.2 Å². The molecular formula is C20H24N2O6S. The summed E-state index contributed by atoms with van der Waals surface area (Å²) in [4.78, 5) is 39.4. The summed E-state index contributed by atoms with van der Waals surface area (Å²) in [7, 11) is 4.61. The van der Waals surface area contributed by atoms with Crippen LogP contribution in [0.3, 0.4) is 0 Å². The Labute approximate surface area is 173 Å². The first-order valence-electron chi connectivity index (χ1n) is 9.24. The molecule has 156 valence electrons. The van der Waals surface area contributed by atoms with Gasteiger partial charge in [0.15, 0.2) is 11.5 Å². The summed E-state index contributed by atoms with van der Waals surface area (Å²) >= 11 is 1.04. The fourth-order valence-electron chi connectivity index (χ4n) is 3.53. The molecule has 2 aliphatic heterocycles. The van der Waals surface area contributed by atoms with E-state index < -0.39 is 0 Å². The lowest BCUT2D eigenvalue weighted by Gasteiger charge is -2.35. The zero-order valence-corrected chi connectivity index (χ0v) is 17.5. The summed E-state index contributed by atoms with van der Waals surface area (Å²) in [6.07, 6.45) is 4.40. The van der Waals surface area contributed by atoms with Gasteiger partial charge in [0, 0.05) is 25.2 Å². The topological polar surface area (TPSA) is 85.4 Å². The molecule has 0 radical (unpaired) electrons. The lowest BCUT2D eigenvalue weighted by atomic mass is 10.0. The molecule has 9 heteroatoms. The first-order valence-corrected chi connectivity index (χ1v) is 10.2. The highest BCUT2D eigenvalue weighted by Gasteiger charge is 2.37. The van der Waals surface area contributed by atoms with Crippen LogP contribution < -0.4 is 14.2 Å². The van der Waals surface area contributed by atoms with Crippen molar-refractivity contribution < 1.29 is 28.6 Å². The van der Waals surface area contributed by atoms with Gasteiger partial charge in [0.05, 0.1) is 27.1 Å². The second-order valence-electron chi connectivity index (χ2n) is 6.67. The van der Waals surface area contributed by atoms with Crippen LogP contribution in [-0.2, 0) is 9.59 Å². The van der Waals surface area contributed by atoms with Crippen molar-refractivity contribution in [1.82, 2.24) is 9.80 Å². The number of nitrogens with zero attached hydrogens (tertiary/aromatic N) is 2. The zero-order chi connectivity index (χ0) is 21.0. The number of thioether (sulfide) groups is 1. The Morgan fingerprint density at radius 2 is 1.69 bits per heavy atom. The Kier molecular flexibility index (Phi) is 6.68. The fraction of sp³-hybridized carbons (Fsp3) is 0.450. The molecule has 2 saturated heterocycles. The molecule has 0 aliphatic carbocycles. The van der Waals surface area contributed by atoms with Crippen LogP contribution in [-0.4, -0.2) is 73.1 Å². The minimum Gasteiger partial charge on any atom is -0.493 e. The fourth-order valence-corrected chi connectivity index (χ4v) is 4.31. The molecule has 2 aliphatic rings. The van der Waals surface area contributed by atoms with Gasteiger partial charge >= 0.3 is 0 Å². The van der Waals surface area contributed by atoms with Crippen molar-refractivity contribution in [2.24, 2.45) is 0 Å². The van der Waals surface area contributed by atoms with E-state index in [-0.39, 0.29) is 28.8 Å². The summed E-state index contributed by atoms with van der Waals surface area (Å²) in [6.45, 7) is 1.01. The van der Waals surface area contributed by atoms with Gasteiger partial charge in [0.25, 0.3) is 5.24 Å². The van der Waals surface area contributed by atoms with Crippen molar-refractivity contribution in [1.29, 1.82) is 0 Å². The molecule has 0 unspecified atom stereocenters. The second-order valence-corrected chi connectivity index (χ2v) is 7.59. The minimum atomic E-state index is -0.179. The van der Waals surface area contributed by atoms with Crippen molar-refractivity contribution in [2.45, 2.75) is 18.9 Å². The van der Waals surface area contributed by atoms with Crippen LogP contribution in [0.4, 0.5) is 4.79 Å². The number of imide groups is 1. The third kappa shape index (κ3) is 4.50. The number of methoxy groups -OCH3 is 3. The maximum atomic E-state index is 12.6. The molecule has 0 aromatic heterocycles. The Morgan fingerprint density at radius 1 is 1.07 bits per heavy atom. The van der Waals surface area contributed by atoms with Crippen molar-refractivity contribution in [2.75, 3.05) is 40.2 Å². The highest BCUT2D eigenvalue weighted by molar-refractivity contribution is 8.14. The van der Waals surface area contributed by atoms with Crippen LogP contribution in [0, 0.1) is 0 Å². The number of likely N-dealkylation sites (tertiary alicyclic amines) is 1. The van der Waals surface area contributed by atoms with E-state index in [1.807, 2.05) is 0 Å². The first kappa shape index (κ1) is 21.0. The standard InChI is InChI=1S/C20H24N2O6S/c1-26-15-10-13(11-16(27-2)19(15)28-3)4-5-17(23)21-8-6-14(7-9-21)22-18(24)12-29-20(22)25/h4-5,10-11,14H,6-9,12H2,1-3H3/b5-4+. The van der Waals surface area contributed by atoms with Crippen LogP contribution in [0.2, 0.25) is 0 Å². The number of rotatable bonds is 6. The molecular weight excluding hydrogens is 396 g/mol. The maximum Gasteiger partial charge on any atom is 0.289 e. The Balaban J connectivity index is 1.63. The molecule has 3 amide bonds. The molecule has 1 aromatic rings.